The van der Waals surface area contributed by atoms with E-state index in [9.17, 15) is 9.59 Å². The van der Waals surface area contributed by atoms with Crippen LogP contribution < -0.4 is 10.6 Å². The van der Waals surface area contributed by atoms with Gasteiger partial charge in [0.1, 0.15) is 0 Å². The first kappa shape index (κ1) is 18.0. The van der Waals surface area contributed by atoms with Gasteiger partial charge in [-0.15, -0.1) is 0 Å². The van der Waals surface area contributed by atoms with E-state index in [0.29, 0.717) is 10.4 Å². The minimum atomic E-state index is -0.445. The van der Waals surface area contributed by atoms with Crippen LogP contribution in [0.2, 0.25) is 0 Å². The minimum absolute atomic E-state index is 0.144. The Labute approximate surface area is 159 Å². The number of nitrogens with zero attached hydrogens (tertiary/aromatic N) is 1. The Balaban J connectivity index is 1.57. The minimum Gasteiger partial charge on any atom is -0.444 e. The molecule has 0 saturated heterocycles. The van der Waals surface area contributed by atoms with Gasteiger partial charge in [0.05, 0.1) is 6.54 Å². The van der Waals surface area contributed by atoms with Gasteiger partial charge in [0.25, 0.3) is 5.91 Å². The first-order valence-electron chi connectivity index (χ1n) is 8.03. The largest absolute Gasteiger partial charge is 0.444 e. The van der Waals surface area contributed by atoms with Gasteiger partial charge >= 0.3 is 0 Å². The maximum Gasteiger partial charge on any atom is 0.287 e. The maximum atomic E-state index is 12.0. The van der Waals surface area contributed by atoms with E-state index in [0.717, 1.165) is 17.1 Å². The molecule has 26 heavy (non-hydrogen) atoms. The van der Waals surface area contributed by atoms with Crippen molar-refractivity contribution in [2.75, 3.05) is 11.9 Å². The highest BCUT2D eigenvalue weighted by Crippen LogP contribution is 2.18. The van der Waals surface area contributed by atoms with Crippen molar-refractivity contribution in [3.63, 3.8) is 0 Å². The molecule has 1 aromatic carbocycles. The average Bonchev–Trinajstić information content (AvgIpc) is 3.19. The number of carbonyl (C=O) groups excluding carboxylic acids is 2. The molecule has 3 aromatic rings. The van der Waals surface area contributed by atoms with Crippen molar-refractivity contribution in [2.24, 2.45) is 0 Å². The Bertz CT molecular complexity index is 922. The molecule has 0 fully saturated rings. The summed E-state index contributed by atoms with van der Waals surface area (Å²) >= 11 is 3.13. The third-order valence-corrected chi connectivity index (χ3v) is 4.31. The Morgan fingerprint density at radius 1 is 1.00 bits per heavy atom. The number of rotatable bonds is 5. The van der Waals surface area contributed by atoms with Crippen molar-refractivity contribution in [1.82, 2.24) is 9.88 Å². The summed E-state index contributed by atoms with van der Waals surface area (Å²) in [5.74, 6) is -0.615. The van der Waals surface area contributed by atoms with E-state index >= 15 is 0 Å². The zero-order valence-corrected chi connectivity index (χ0v) is 16.0. The SMILES string of the molecule is Cc1ccc(C)n1-c1ccc(NC(=O)CNC(=O)c2ccc(Br)o2)cc1. The van der Waals surface area contributed by atoms with E-state index in [1.54, 1.807) is 6.07 Å². The zero-order chi connectivity index (χ0) is 18.7. The van der Waals surface area contributed by atoms with Crippen LogP contribution in [-0.2, 0) is 4.79 Å². The molecule has 0 unspecified atom stereocenters. The smallest absolute Gasteiger partial charge is 0.287 e. The zero-order valence-electron chi connectivity index (χ0n) is 14.4. The molecule has 2 N–H and O–H groups in total. The lowest BCUT2D eigenvalue weighted by atomic mass is 10.2. The van der Waals surface area contributed by atoms with Crippen LogP contribution in [0.1, 0.15) is 21.9 Å². The summed E-state index contributed by atoms with van der Waals surface area (Å²) in [6.45, 7) is 3.95. The molecule has 2 heterocycles. The second kappa shape index (κ2) is 7.61. The number of aromatic nitrogens is 1. The molecule has 7 heteroatoms. The molecule has 0 atom stereocenters. The van der Waals surface area contributed by atoms with Gasteiger partial charge in [-0.25, -0.2) is 0 Å². The lowest BCUT2D eigenvalue weighted by molar-refractivity contribution is -0.115. The molecule has 6 nitrogen and oxygen atoms in total. The fourth-order valence-corrected chi connectivity index (χ4v) is 2.97. The predicted octanol–water partition coefficient (Wildman–Crippen LogP) is 3.82. The molecule has 0 aliphatic carbocycles. The van der Waals surface area contributed by atoms with E-state index in [-0.39, 0.29) is 18.2 Å². The van der Waals surface area contributed by atoms with Gasteiger partial charge in [-0.1, -0.05) is 0 Å². The molecular formula is C19H18BrN3O3. The lowest BCUT2D eigenvalue weighted by Crippen LogP contribution is -2.32. The van der Waals surface area contributed by atoms with Crippen molar-refractivity contribution in [3.05, 3.63) is 70.3 Å². The molecule has 2 amide bonds. The van der Waals surface area contributed by atoms with E-state index < -0.39 is 5.91 Å². The molecule has 0 spiro atoms. The molecule has 0 radical (unpaired) electrons. The van der Waals surface area contributed by atoms with Gasteiger partial charge < -0.3 is 19.6 Å². The first-order valence-corrected chi connectivity index (χ1v) is 8.82. The average molecular weight is 416 g/mol. The summed E-state index contributed by atoms with van der Waals surface area (Å²) in [7, 11) is 0. The highest BCUT2D eigenvalue weighted by Gasteiger charge is 2.12. The van der Waals surface area contributed by atoms with Crippen molar-refractivity contribution in [1.29, 1.82) is 0 Å². The molecule has 3 rings (SSSR count). The van der Waals surface area contributed by atoms with E-state index in [1.165, 1.54) is 6.07 Å². The van der Waals surface area contributed by atoms with Crippen molar-refractivity contribution in [3.8, 4) is 5.69 Å². The third-order valence-electron chi connectivity index (χ3n) is 3.89. The van der Waals surface area contributed by atoms with E-state index in [2.05, 4.69) is 43.3 Å². The summed E-state index contributed by atoms with van der Waals surface area (Å²) in [5.41, 5.74) is 3.98. The fraction of sp³-hybridized carbons (Fsp3) is 0.158. The van der Waals surface area contributed by atoms with Gasteiger partial charge in [0.2, 0.25) is 5.91 Å². The Morgan fingerprint density at radius 3 is 2.23 bits per heavy atom. The molecule has 0 aliphatic rings. The summed E-state index contributed by atoms with van der Waals surface area (Å²) in [6, 6.07) is 14.8. The number of halogens is 1. The number of amides is 2. The van der Waals surface area contributed by atoms with Crippen LogP contribution in [0.15, 0.2) is 57.6 Å². The summed E-state index contributed by atoms with van der Waals surface area (Å²) < 4.78 is 7.73. The first-order chi connectivity index (χ1) is 12.4. The molecular weight excluding hydrogens is 398 g/mol. The highest BCUT2D eigenvalue weighted by molar-refractivity contribution is 9.10. The van der Waals surface area contributed by atoms with Crippen LogP contribution in [0, 0.1) is 13.8 Å². The van der Waals surface area contributed by atoms with E-state index in [4.69, 9.17) is 4.42 Å². The number of hydrogen-bond donors (Lipinski definition) is 2. The summed E-state index contributed by atoms with van der Waals surface area (Å²) in [4.78, 5) is 23.9. The number of carbonyl (C=O) groups is 2. The quantitative estimate of drug-likeness (QED) is 0.664. The van der Waals surface area contributed by atoms with Crippen LogP contribution in [0.5, 0.6) is 0 Å². The third kappa shape index (κ3) is 4.05. The number of anilines is 1. The number of benzene rings is 1. The van der Waals surface area contributed by atoms with Crippen LogP contribution >= 0.6 is 15.9 Å². The van der Waals surface area contributed by atoms with Gasteiger partial charge in [0, 0.05) is 22.8 Å². The number of furan rings is 1. The van der Waals surface area contributed by atoms with Gasteiger partial charge in [-0.05, 0) is 78.3 Å². The summed E-state index contributed by atoms with van der Waals surface area (Å²) in [6.07, 6.45) is 0. The second-order valence-corrected chi connectivity index (χ2v) is 6.61. The lowest BCUT2D eigenvalue weighted by Gasteiger charge is -2.11. The standard InChI is InChI=1S/C19H18BrN3O3/c1-12-3-4-13(2)23(12)15-7-5-14(6-8-15)22-18(24)11-21-19(25)16-9-10-17(20)26-16/h3-10H,11H2,1-2H3,(H,21,25)(H,22,24). The molecule has 134 valence electrons. The van der Waals surface area contributed by atoms with E-state index in [1.807, 2.05) is 38.1 Å². The monoisotopic (exact) mass is 415 g/mol. The van der Waals surface area contributed by atoms with Crippen molar-refractivity contribution in [2.45, 2.75) is 13.8 Å². The van der Waals surface area contributed by atoms with Gasteiger partial charge in [-0.3, -0.25) is 9.59 Å². The van der Waals surface area contributed by atoms with Gasteiger partial charge in [0.15, 0.2) is 10.4 Å². The number of hydrogen-bond acceptors (Lipinski definition) is 3. The number of aryl methyl sites for hydroxylation is 2. The van der Waals surface area contributed by atoms with Crippen molar-refractivity contribution < 1.29 is 14.0 Å². The predicted molar refractivity (Wildman–Crippen MR) is 103 cm³/mol. The topological polar surface area (TPSA) is 76.3 Å². The van der Waals surface area contributed by atoms with Crippen LogP contribution in [-0.4, -0.2) is 22.9 Å². The Morgan fingerprint density at radius 2 is 1.65 bits per heavy atom. The Hall–Kier alpha value is -2.80. The van der Waals surface area contributed by atoms with Crippen LogP contribution in [0.4, 0.5) is 5.69 Å². The van der Waals surface area contributed by atoms with Gasteiger partial charge in [-0.2, -0.15) is 0 Å². The molecule has 2 aromatic heterocycles. The maximum absolute atomic E-state index is 12.0. The Kier molecular flexibility index (Phi) is 5.27. The van der Waals surface area contributed by atoms with Crippen molar-refractivity contribution >= 4 is 33.4 Å². The highest BCUT2D eigenvalue weighted by atomic mass is 79.9. The fourth-order valence-electron chi connectivity index (χ4n) is 2.66. The second-order valence-electron chi connectivity index (χ2n) is 5.83. The van der Waals surface area contributed by atoms with Crippen LogP contribution in [0.3, 0.4) is 0 Å². The number of nitrogens with one attached hydrogen (secondary N) is 2. The molecule has 0 bridgehead atoms. The summed E-state index contributed by atoms with van der Waals surface area (Å²) in [5, 5.41) is 5.26. The molecule has 0 saturated carbocycles. The normalized spacial score (nSPS) is 10.6. The van der Waals surface area contributed by atoms with Crippen LogP contribution in [0.25, 0.3) is 5.69 Å². The molecule has 0 aliphatic heterocycles.